The molecule has 1 atom stereocenters. The lowest BCUT2D eigenvalue weighted by Crippen LogP contribution is -2.29. The Bertz CT molecular complexity index is 835. The van der Waals surface area contributed by atoms with Crippen molar-refractivity contribution in [3.63, 3.8) is 0 Å². The van der Waals surface area contributed by atoms with Crippen LogP contribution in [0.5, 0.6) is 0 Å². The fourth-order valence-corrected chi connectivity index (χ4v) is 3.39. The monoisotopic (exact) mass is 367 g/mol. The molecule has 0 bridgehead atoms. The van der Waals surface area contributed by atoms with E-state index >= 15 is 0 Å². The van der Waals surface area contributed by atoms with Crippen molar-refractivity contribution in [2.24, 2.45) is 0 Å². The molecule has 1 amide bonds. The number of benzene rings is 1. The van der Waals surface area contributed by atoms with Gasteiger partial charge in [0.05, 0.1) is 15.1 Å². The van der Waals surface area contributed by atoms with Crippen molar-refractivity contribution in [1.82, 2.24) is 0 Å². The summed E-state index contributed by atoms with van der Waals surface area (Å²) in [6.07, 6.45) is -0.115. The summed E-state index contributed by atoms with van der Waals surface area (Å²) in [4.78, 5) is 36.3. The van der Waals surface area contributed by atoms with Gasteiger partial charge in [0.1, 0.15) is 5.82 Å². The van der Waals surface area contributed by atoms with Crippen LogP contribution in [0.4, 0.5) is 10.1 Å². The lowest BCUT2D eigenvalue weighted by molar-refractivity contribution is -0.145. The molecule has 1 aromatic carbocycles. The molecule has 124 valence electrons. The Morgan fingerprint density at radius 1 is 1.33 bits per heavy atom. The van der Waals surface area contributed by atoms with Gasteiger partial charge in [-0.2, -0.15) is 0 Å². The maximum Gasteiger partial charge on any atom is 0.314 e. The zero-order chi connectivity index (χ0) is 17.3. The molecule has 2 heterocycles. The average molecular weight is 368 g/mol. The smallest absolute Gasteiger partial charge is 0.314 e. The van der Waals surface area contributed by atoms with Crippen LogP contribution in [-0.2, 0) is 14.3 Å². The largest absolute Gasteiger partial charge is 0.457 e. The predicted molar refractivity (Wildman–Crippen MR) is 87.0 cm³/mol. The molecule has 0 fully saturated rings. The Morgan fingerprint density at radius 2 is 2.12 bits per heavy atom. The molecule has 1 aliphatic rings. The van der Waals surface area contributed by atoms with Crippen LogP contribution in [0.15, 0.2) is 30.3 Å². The Hall–Kier alpha value is -2.25. The molecule has 24 heavy (non-hydrogen) atoms. The van der Waals surface area contributed by atoms with Crippen LogP contribution in [-0.4, -0.2) is 24.3 Å². The second-order valence-electron chi connectivity index (χ2n) is 5.17. The van der Waals surface area contributed by atoms with Gasteiger partial charge in [0, 0.05) is 12.1 Å². The summed E-state index contributed by atoms with van der Waals surface area (Å²) in [6.45, 7) is -0.440. The summed E-state index contributed by atoms with van der Waals surface area (Å²) in [5.41, 5.74) is 0.706. The highest BCUT2D eigenvalue weighted by atomic mass is 35.5. The van der Waals surface area contributed by atoms with Crippen molar-refractivity contribution in [3.05, 3.63) is 50.9 Å². The Kier molecular flexibility index (Phi) is 4.64. The third-order valence-corrected chi connectivity index (χ3v) is 4.80. The first-order valence-electron chi connectivity index (χ1n) is 6.98. The molecule has 1 aliphatic heterocycles. The van der Waals surface area contributed by atoms with Gasteiger partial charge in [-0.25, -0.2) is 4.39 Å². The van der Waals surface area contributed by atoms with Crippen molar-refractivity contribution >= 4 is 46.3 Å². The predicted octanol–water partition coefficient (Wildman–Crippen LogP) is 3.39. The maximum atomic E-state index is 13.3. The average Bonchev–Trinajstić information content (AvgIpc) is 2.97. The van der Waals surface area contributed by atoms with Crippen LogP contribution in [0.3, 0.4) is 0 Å². The summed E-state index contributed by atoms with van der Waals surface area (Å²) >= 11 is 6.85. The number of ether oxygens (including phenoxy) is 1. The van der Waals surface area contributed by atoms with E-state index in [9.17, 15) is 18.8 Å². The molecule has 3 rings (SSSR count). The number of hydrogen-bond acceptors (Lipinski definition) is 5. The van der Waals surface area contributed by atoms with Crippen LogP contribution in [0, 0.1) is 5.82 Å². The summed E-state index contributed by atoms with van der Waals surface area (Å²) in [6, 6.07) is 6.91. The number of amides is 1. The molecule has 0 saturated carbocycles. The highest BCUT2D eigenvalue weighted by molar-refractivity contribution is 7.18. The molecule has 5 nitrogen and oxygen atoms in total. The van der Waals surface area contributed by atoms with Gasteiger partial charge in [0.2, 0.25) is 11.7 Å². The second-order valence-corrected chi connectivity index (χ2v) is 6.89. The standard InChI is InChI=1S/C16H11ClFNO4S/c17-14-4-3-13(24-14)12(20)7-23-16(22)10-6-15(21)19-11-5-8(18)1-2-9(10)11/h1-5,10H,6-7H2,(H,19,21). The molecular weight excluding hydrogens is 357 g/mol. The normalized spacial score (nSPS) is 16.2. The summed E-state index contributed by atoms with van der Waals surface area (Å²) in [5, 5.41) is 2.51. The van der Waals surface area contributed by atoms with Crippen LogP contribution >= 0.6 is 22.9 Å². The zero-order valence-electron chi connectivity index (χ0n) is 12.2. The first-order chi connectivity index (χ1) is 11.4. The van der Waals surface area contributed by atoms with Crippen molar-refractivity contribution in [2.75, 3.05) is 11.9 Å². The quantitative estimate of drug-likeness (QED) is 0.664. The molecule has 0 aliphatic carbocycles. The highest BCUT2D eigenvalue weighted by Crippen LogP contribution is 2.33. The van der Waals surface area contributed by atoms with Gasteiger partial charge >= 0.3 is 5.97 Å². The van der Waals surface area contributed by atoms with E-state index in [1.54, 1.807) is 12.1 Å². The van der Waals surface area contributed by atoms with Crippen LogP contribution in [0.25, 0.3) is 0 Å². The van der Waals surface area contributed by atoms with Crippen molar-refractivity contribution in [2.45, 2.75) is 12.3 Å². The number of ketones is 1. The molecule has 2 aromatic rings. The highest BCUT2D eigenvalue weighted by Gasteiger charge is 2.32. The minimum Gasteiger partial charge on any atom is -0.457 e. The molecule has 0 saturated heterocycles. The molecule has 1 N–H and O–H groups in total. The molecule has 8 heteroatoms. The number of carbonyl (C=O) groups is 3. The minimum atomic E-state index is -0.867. The van der Waals surface area contributed by atoms with Gasteiger partial charge in [-0.1, -0.05) is 17.7 Å². The van der Waals surface area contributed by atoms with Gasteiger partial charge in [-0.05, 0) is 29.8 Å². The van der Waals surface area contributed by atoms with E-state index < -0.39 is 30.2 Å². The molecular formula is C16H11ClFNO4S. The lowest BCUT2D eigenvalue weighted by atomic mass is 9.90. The van der Waals surface area contributed by atoms with Crippen LogP contribution < -0.4 is 5.32 Å². The van der Waals surface area contributed by atoms with Crippen LogP contribution in [0.1, 0.15) is 27.6 Å². The van der Waals surface area contributed by atoms with Gasteiger partial charge in [0.15, 0.2) is 6.61 Å². The van der Waals surface area contributed by atoms with E-state index in [4.69, 9.17) is 16.3 Å². The summed E-state index contributed by atoms with van der Waals surface area (Å²) < 4.78 is 18.8. The van der Waals surface area contributed by atoms with E-state index in [0.29, 0.717) is 14.8 Å². The van der Waals surface area contributed by atoms with Crippen LogP contribution in [0.2, 0.25) is 4.34 Å². The topological polar surface area (TPSA) is 72.5 Å². The Balaban J connectivity index is 1.71. The fourth-order valence-electron chi connectivity index (χ4n) is 2.42. The number of hydrogen-bond donors (Lipinski definition) is 1. The first-order valence-corrected chi connectivity index (χ1v) is 8.18. The summed E-state index contributed by atoms with van der Waals surface area (Å²) in [5.74, 6) is -2.87. The number of rotatable bonds is 4. The van der Waals surface area contributed by atoms with E-state index in [1.165, 1.54) is 12.1 Å². The van der Waals surface area contributed by atoms with E-state index in [-0.39, 0.29) is 17.9 Å². The molecule has 0 spiro atoms. The Morgan fingerprint density at radius 3 is 2.83 bits per heavy atom. The van der Waals surface area contributed by atoms with Crippen molar-refractivity contribution in [1.29, 1.82) is 0 Å². The lowest BCUT2D eigenvalue weighted by Gasteiger charge is -2.24. The number of Topliss-reactive ketones (excluding diaryl/α,β-unsaturated/α-hetero) is 1. The third kappa shape index (κ3) is 3.47. The van der Waals surface area contributed by atoms with Gasteiger partial charge in [0.25, 0.3) is 0 Å². The number of thiophene rings is 1. The number of esters is 1. The van der Waals surface area contributed by atoms with Gasteiger partial charge < -0.3 is 10.1 Å². The zero-order valence-corrected chi connectivity index (χ0v) is 13.7. The maximum absolute atomic E-state index is 13.3. The number of anilines is 1. The van der Waals surface area contributed by atoms with Crippen molar-refractivity contribution in [3.8, 4) is 0 Å². The van der Waals surface area contributed by atoms with E-state index in [1.807, 2.05) is 0 Å². The molecule has 1 unspecified atom stereocenters. The van der Waals surface area contributed by atoms with Gasteiger partial charge in [-0.15, -0.1) is 11.3 Å². The number of fused-ring (bicyclic) bond motifs is 1. The second kappa shape index (κ2) is 6.70. The molecule has 0 radical (unpaired) electrons. The molecule has 1 aromatic heterocycles. The number of carbonyl (C=O) groups excluding carboxylic acids is 3. The van der Waals surface area contributed by atoms with Crippen molar-refractivity contribution < 1.29 is 23.5 Å². The Labute approximate surface area is 145 Å². The number of halogens is 2. The third-order valence-electron chi connectivity index (χ3n) is 3.53. The first kappa shape index (κ1) is 16.6. The fraction of sp³-hybridized carbons (Fsp3) is 0.188. The SMILES string of the molecule is O=C1CC(C(=O)OCC(=O)c2ccc(Cl)s2)c2ccc(F)cc2N1. The minimum absolute atomic E-state index is 0.115. The summed E-state index contributed by atoms with van der Waals surface area (Å²) in [7, 11) is 0. The van der Waals surface area contributed by atoms with E-state index in [0.717, 1.165) is 17.4 Å². The number of nitrogens with one attached hydrogen (secondary N) is 1. The van der Waals surface area contributed by atoms with E-state index in [2.05, 4.69) is 5.32 Å². The van der Waals surface area contributed by atoms with Gasteiger partial charge in [-0.3, -0.25) is 14.4 Å².